The van der Waals surface area contributed by atoms with E-state index in [0.29, 0.717) is 12.0 Å². The fourth-order valence-electron chi connectivity index (χ4n) is 2.35. The molecule has 2 unspecified atom stereocenters. The van der Waals surface area contributed by atoms with E-state index in [1.165, 1.54) is 0 Å². The van der Waals surface area contributed by atoms with Gasteiger partial charge in [0.05, 0.1) is 23.0 Å². The van der Waals surface area contributed by atoms with Crippen LogP contribution in [0.15, 0.2) is 6.20 Å². The second kappa shape index (κ2) is 4.14. The summed E-state index contributed by atoms with van der Waals surface area (Å²) in [5.74, 6) is 0.373. The fourth-order valence-corrected chi connectivity index (χ4v) is 2.63. The minimum Gasteiger partial charge on any atom is -0.393 e. The van der Waals surface area contributed by atoms with Crippen molar-refractivity contribution in [1.29, 1.82) is 0 Å². The molecule has 84 valence electrons. The molecule has 1 N–H and O–H groups in total. The Morgan fingerprint density at radius 2 is 2.27 bits per heavy atom. The predicted octanol–water partition coefficient (Wildman–Crippen LogP) is 2.75. The third kappa shape index (κ3) is 2.04. The quantitative estimate of drug-likeness (QED) is 0.845. The van der Waals surface area contributed by atoms with E-state index in [1.54, 1.807) is 6.20 Å². The van der Waals surface area contributed by atoms with Gasteiger partial charge in [-0.1, -0.05) is 11.6 Å². The van der Waals surface area contributed by atoms with E-state index in [4.69, 9.17) is 11.6 Å². The van der Waals surface area contributed by atoms with Crippen LogP contribution in [0.25, 0.3) is 0 Å². The van der Waals surface area contributed by atoms with E-state index >= 15 is 0 Å². The number of hydrogen-bond acceptors (Lipinski definition) is 2. The molecule has 0 bridgehead atoms. The van der Waals surface area contributed by atoms with Gasteiger partial charge in [-0.25, -0.2) is 0 Å². The van der Waals surface area contributed by atoms with Crippen LogP contribution >= 0.6 is 11.6 Å². The van der Waals surface area contributed by atoms with Crippen molar-refractivity contribution >= 4 is 11.6 Å². The molecule has 0 radical (unpaired) electrons. The minimum atomic E-state index is -0.165. The molecule has 4 heteroatoms. The van der Waals surface area contributed by atoms with Crippen molar-refractivity contribution in [3.05, 3.63) is 16.9 Å². The van der Waals surface area contributed by atoms with E-state index in [9.17, 15) is 5.11 Å². The maximum atomic E-state index is 9.55. The number of aliphatic hydroxyl groups excluding tert-OH is 1. The molecule has 1 aliphatic rings. The average Bonchev–Trinajstić information content (AvgIpc) is 2.71. The molecule has 0 amide bonds. The highest BCUT2D eigenvalue weighted by Crippen LogP contribution is 2.38. The normalized spacial score (nSPS) is 26.5. The summed E-state index contributed by atoms with van der Waals surface area (Å²) in [4.78, 5) is 0. The molecule has 0 aliphatic heterocycles. The Labute approximate surface area is 95.0 Å². The zero-order valence-corrected chi connectivity index (χ0v) is 9.91. The molecule has 0 spiro atoms. The number of halogens is 1. The van der Waals surface area contributed by atoms with Crippen LogP contribution in [0.2, 0.25) is 5.02 Å². The van der Waals surface area contributed by atoms with E-state index < -0.39 is 0 Å². The lowest BCUT2D eigenvalue weighted by atomic mass is 10.0. The van der Waals surface area contributed by atoms with Gasteiger partial charge >= 0.3 is 0 Å². The van der Waals surface area contributed by atoms with Crippen LogP contribution in [0.4, 0.5) is 0 Å². The second-order valence-electron chi connectivity index (χ2n) is 4.58. The first-order valence-electron chi connectivity index (χ1n) is 5.50. The van der Waals surface area contributed by atoms with Crippen molar-refractivity contribution in [1.82, 2.24) is 9.78 Å². The fraction of sp³-hybridized carbons (Fsp3) is 0.727. The number of aliphatic hydroxyl groups is 1. The van der Waals surface area contributed by atoms with Crippen LogP contribution in [0.3, 0.4) is 0 Å². The summed E-state index contributed by atoms with van der Waals surface area (Å²) in [5.41, 5.74) is 1.10. The Morgan fingerprint density at radius 1 is 1.53 bits per heavy atom. The Balaban J connectivity index is 2.30. The molecule has 1 aliphatic carbocycles. The summed E-state index contributed by atoms with van der Waals surface area (Å²) >= 11 is 6.15. The molecule has 1 aromatic heterocycles. The maximum absolute atomic E-state index is 9.55. The third-order valence-electron chi connectivity index (χ3n) is 3.07. The molecule has 3 nitrogen and oxygen atoms in total. The van der Waals surface area contributed by atoms with Crippen molar-refractivity contribution < 1.29 is 5.11 Å². The summed E-state index contributed by atoms with van der Waals surface area (Å²) in [6, 6.07) is 0.324. The highest BCUT2D eigenvalue weighted by Gasteiger charge is 2.29. The monoisotopic (exact) mass is 228 g/mol. The van der Waals surface area contributed by atoms with Gasteiger partial charge in [0.1, 0.15) is 0 Å². The summed E-state index contributed by atoms with van der Waals surface area (Å²) in [5, 5.41) is 14.6. The van der Waals surface area contributed by atoms with E-state index in [1.807, 2.05) is 4.68 Å². The minimum absolute atomic E-state index is 0.165. The summed E-state index contributed by atoms with van der Waals surface area (Å²) in [6.45, 7) is 4.19. The van der Waals surface area contributed by atoms with Crippen LogP contribution in [0.5, 0.6) is 0 Å². The maximum Gasteiger partial charge on any atom is 0.0820 e. The highest BCUT2D eigenvalue weighted by atomic mass is 35.5. The molecule has 1 fully saturated rings. The van der Waals surface area contributed by atoms with Crippen molar-refractivity contribution in [3.8, 4) is 0 Å². The molecular weight excluding hydrogens is 212 g/mol. The Bertz CT molecular complexity index is 348. The largest absolute Gasteiger partial charge is 0.393 e. The van der Waals surface area contributed by atoms with E-state index in [2.05, 4.69) is 18.9 Å². The Kier molecular flexibility index (Phi) is 3.03. The summed E-state index contributed by atoms with van der Waals surface area (Å²) in [7, 11) is 0. The van der Waals surface area contributed by atoms with Crippen LogP contribution in [-0.2, 0) is 0 Å². The number of hydrogen-bond donors (Lipinski definition) is 1. The zero-order valence-electron chi connectivity index (χ0n) is 9.15. The molecule has 1 aromatic rings. The van der Waals surface area contributed by atoms with Gasteiger partial charge in [-0.05, 0) is 33.1 Å². The van der Waals surface area contributed by atoms with Gasteiger partial charge in [-0.3, -0.25) is 4.68 Å². The van der Waals surface area contributed by atoms with Crippen molar-refractivity contribution in [2.45, 2.75) is 51.2 Å². The topological polar surface area (TPSA) is 38.0 Å². The van der Waals surface area contributed by atoms with Gasteiger partial charge in [0.25, 0.3) is 0 Å². The molecular formula is C11H17ClN2O. The van der Waals surface area contributed by atoms with Gasteiger partial charge in [0.2, 0.25) is 0 Å². The van der Waals surface area contributed by atoms with Gasteiger partial charge in [-0.2, -0.15) is 5.10 Å². The third-order valence-corrected chi connectivity index (χ3v) is 3.36. The second-order valence-corrected chi connectivity index (χ2v) is 4.99. The molecule has 2 rings (SSSR count). The van der Waals surface area contributed by atoms with Crippen LogP contribution in [0.1, 0.15) is 50.8 Å². The van der Waals surface area contributed by atoms with Gasteiger partial charge < -0.3 is 5.11 Å². The van der Waals surface area contributed by atoms with Gasteiger partial charge in [0.15, 0.2) is 0 Å². The first-order valence-corrected chi connectivity index (χ1v) is 5.88. The summed E-state index contributed by atoms with van der Waals surface area (Å²) < 4.78 is 1.98. The lowest BCUT2D eigenvalue weighted by Gasteiger charge is -2.16. The molecule has 0 aromatic carbocycles. The molecule has 2 atom stereocenters. The van der Waals surface area contributed by atoms with Crippen molar-refractivity contribution in [2.24, 2.45) is 0 Å². The molecule has 1 saturated carbocycles. The number of rotatable bonds is 2. The standard InChI is InChI=1S/C11H17ClN2O/c1-7(2)14-11(10(12)6-13-14)8-3-4-9(15)5-8/h6-9,15H,3-5H2,1-2H3. The van der Waals surface area contributed by atoms with Crippen molar-refractivity contribution in [2.75, 3.05) is 0 Å². The smallest absolute Gasteiger partial charge is 0.0820 e. The SMILES string of the molecule is CC(C)n1ncc(Cl)c1C1CCC(O)C1. The van der Waals surface area contributed by atoms with Crippen LogP contribution in [-0.4, -0.2) is 21.0 Å². The zero-order chi connectivity index (χ0) is 11.0. The van der Waals surface area contributed by atoms with Crippen LogP contribution < -0.4 is 0 Å². The Morgan fingerprint density at radius 3 is 2.80 bits per heavy atom. The first-order chi connectivity index (χ1) is 7.09. The van der Waals surface area contributed by atoms with Gasteiger partial charge in [0, 0.05) is 12.0 Å². The lowest BCUT2D eigenvalue weighted by molar-refractivity contribution is 0.181. The predicted molar refractivity (Wildman–Crippen MR) is 60.2 cm³/mol. The number of aromatic nitrogens is 2. The van der Waals surface area contributed by atoms with E-state index in [0.717, 1.165) is 30.0 Å². The van der Waals surface area contributed by atoms with Gasteiger partial charge in [-0.15, -0.1) is 0 Å². The number of nitrogens with zero attached hydrogens (tertiary/aromatic N) is 2. The molecule has 0 saturated heterocycles. The Hall–Kier alpha value is -0.540. The first kappa shape index (κ1) is 11.0. The highest BCUT2D eigenvalue weighted by molar-refractivity contribution is 6.31. The average molecular weight is 229 g/mol. The molecule has 1 heterocycles. The van der Waals surface area contributed by atoms with Crippen molar-refractivity contribution in [3.63, 3.8) is 0 Å². The lowest BCUT2D eigenvalue weighted by Crippen LogP contribution is -2.11. The van der Waals surface area contributed by atoms with E-state index in [-0.39, 0.29) is 6.10 Å². The summed E-state index contributed by atoms with van der Waals surface area (Å²) in [6.07, 6.45) is 4.25. The van der Waals surface area contributed by atoms with Crippen LogP contribution in [0, 0.1) is 0 Å². The molecule has 15 heavy (non-hydrogen) atoms.